The van der Waals surface area contributed by atoms with Crippen LogP contribution in [-0.2, 0) is 13.0 Å². The van der Waals surface area contributed by atoms with Gasteiger partial charge in [-0.1, -0.05) is 42.5 Å². The first kappa shape index (κ1) is 20.8. The Hall–Kier alpha value is -3.06. The van der Waals surface area contributed by atoms with Crippen molar-refractivity contribution in [2.75, 3.05) is 24.5 Å². The van der Waals surface area contributed by atoms with Gasteiger partial charge in [0, 0.05) is 44.0 Å². The Balaban J connectivity index is 1.37. The van der Waals surface area contributed by atoms with Gasteiger partial charge in [0.05, 0.1) is 0 Å². The zero-order valence-corrected chi connectivity index (χ0v) is 17.6. The quantitative estimate of drug-likeness (QED) is 0.553. The standard InChI is InChI=1S/C25H24F3N3O/c26-25(27,28)32-21-8-4-7-19(15-21)22-11-12-29-24-23(22)10-9-20-17-30(13-14-31(20)24)16-18-5-2-1-3-6-18/h1-8,11-12,15,20H,9-10,13-14,16-17H2. The Labute approximate surface area is 185 Å². The largest absolute Gasteiger partial charge is 0.573 e. The number of piperazine rings is 1. The summed E-state index contributed by atoms with van der Waals surface area (Å²) in [5.41, 5.74) is 4.06. The molecule has 0 bridgehead atoms. The molecular formula is C25H24F3N3O. The van der Waals surface area contributed by atoms with Crippen LogP contribution in [0.15, 0.2) is 66.9 Å². The van der Waals surface area contributed by atoms with E-state index in [2.05, 4.69) is 43.8 Å². The predicted molar refractivity (Wildman–Crippen MR) is 118 cm³/mol. The Morgan fingerprint density at radius 2 is 1.84 bits per heavy atom. The van der Waals surface area contributed by atoms with Crippen molar-refractivity contribution in [2.45, 2.75) is 31.8 Å². The molecule has 0 amide bonds. The van der Waals surface area contributed by atoms with Crippen molar-refractivity contribution in [3.63, 3.8) is 0 Å². The smallest absolute Gasteiger partial charge is 0.406 e. The van der Waals surface area contributed by atoms with Crippen molar-refractivity contribution in [2.24, 2.45) is 0 Å². The lowest BCUT2D eigenvalue weighted by atomic mass is 9.90. The molecule has 2 aromatic carbocycles. The van der Waals surface area contributed by atoms with Gasteiger partial charge in [-0.25, -0.2) is 4.98 Å². The van der Waals surface area contributed by atoms with Crippen LogP contribution in [0.5, 0.6) is 5.75 Å². The van der Waals surface area contributed by atoms with Crippen LogP contribution in [0.4, 0.5) is 19.0 Å². The van der Waals surface area contributed by atoms with Gasteiger partial charge < -0.3 is 9.64 Å². The van der Waals surface area contributed by atoms with Crippen LogP contribution in [-0.4, -0.2) is 41.9 Å². The van der Waals surface area contributed by atoms with Crippen LogP contribution in [0, 0.1) is 0 Å². The molecule has 3 heterocycles. The summed E-state index contributed by atoms with van der Waals surface area (Å²) in [5.74, 6) is 0.754. The van der Waals surface area contributed by atoms with E-state index in [-0.39, 0.29) is 5.75 Å². The number of nitrogens with zero attached hydrogens (tertiary/aromatic N) is 3. The van der Waals surface area contributed by atoms with Crippen LogP contribution < -0.4 is 9.64 Å². The maximum absolute atomic E-state index is 12.7. The Morgan fingerprint density at radius 3 is 2.66 bits per heavy atom. The average Bonchev–Trinajstić information content (AvgIpc) is 2.78. The number of halogens is 3. The van der Waals surface area contributed by atoms with Crippen LogP contribution in [0.3, 0.4) is 0 Å². The van der Waals surface area contributed by atoms with E-state index in [1.54, 1.807) is 12.3 Å². The first-order valence-electron chi connectivity index (χ1n) is 10.8. The van der Waals surface area contributed by atoms with Gasteiger partial charge in [0.1, 0.15) is 11.6 Å². The van der Waals surface area contributed by atoms with Crippen LogP contribution in [0.2, 0.25) is 0 Å². The van der Waals surface area contributed by atoms with Gasteiger partial charge in [-0.15, -0.1) is 13.2 Å². The normalized spacial score (nSPS) is 18.7. The highest BCUT2D eigenvalue weighted by molar-refractivity contribution is 5.74. The van der Waals surface area contributed by atoms with Crippen molar-refractivity contribution >= 4 is 5.82 Å². The number of hydrogen-bond donors (Lipinski definition) is 0. The molecule has 2 aliphatic rings. The summed E-state index contributed by atoms with van der Waals surface area (Å²) in [7, 11) is 0. The zero-order valence-electron chi connectivity index (χ0n) is 17.6. The van der Waals surface area contributed by atoms with E-state index in [4.69, 9.17) is 0 Å². The maximum atomic E-state index is 12.7. The molecule has 4 nitrogen and oxygen atoms in total. The fourth-order valence-electron chi connectivity index (χ4n) is 4.85. The highest BCUT2D eigenvalue weighted by atomic mass is 19.4. The highest BCUT2D eigenvalue weighted by Crippen LogP contribution is 2.38. The Bertz CT molecular complexity index is 1090. The van der Waals surface area contributed by atoms with Gasteiger partial charge in [-0.2, -0.15) is 0 Å². The number of aromatic nitrogens is 1. The minimum Gasteiger partial charge on any atom is -0.406 e. The molecule has 1 unspecified atom stereocenters. The molecule has 1 saturated heterocycles. The fraction of sp³-hybridized carbons (Fsp3) is 0.320. The van der Waals surface area contributed by atoms with E-state index in [0.29, 0.717) is 11.6 Å². The molecule has 0 N–H and O–H groups in total. The minimum absolute atomic E-state index is 0.205. The van der Waals surface area contributed by atoms with Crippen molar-refractivity contribution in [3.8, 4) is 16.9 Å². The van der Waals surface area contributed by atoms with E-state index >= 15 is 0 Å². The number of alkyl halides is 3. The zero-order chi connectivity index (χ0) is 22.1. The Kier molecular flexibility index (Phi) is 5.51. The van der Waals surface area contributed by atoms with E-state index in [0.717, 1.165) is 56.0 Å². The van der Waals surface area contributed by atoms with Gasteiger partial charge in [0.2, 0.25) is 0 Å². The van der Waals surface area contributed by atoms with Crippen LogP contribution >= 0.6 is 0 Å². The third kappa shape index (κ3) is 4.43. The number of ether oxygens (including phenoxy) is 1. The van der Waals surface area contributed by atoms with E-state index in [1.165, 1.54) is 17.7 Å². The van der Waals surface area contributed by atoms with Crippen LogP contribution in [0.1, 0.15) is 17.5 Å². The number of hydrogen-bond acceptors (Lipinski definition) is 4. The Morgan fingerprint density at radius 1 is 1.00 bits per heavy atom. The molecule has 3 aromatic rings. The summed E-state index contributed by atoms with van der Waals surface area (Å²) in [5, 5.41) is 0. The molecule has 32 heavy (non-hydrogen) atoms. The number of fused-ring (bicyclic) bond motifs is 3. The summed E-state index contributed by atoms with van der Waals surface area (Å²) >= 11 is 0. The first-order chi connectivity index (χ1) is 15.5. The van der Waals surface area contributed by atoms with Gasteiger partial charge in [-0.05, 0) is 47.7 Å². The van der Waals surface area contributed by atoms with Gasteiger partial charge >= 0.3 is 6.36 Å². The predicted octanol–water partition coefficient (Wildman–Crippen LogP) is 5.28. The molecule has 0 saturated carbocycles. The number of anilines is 1. The van der Waals surface area contributed by atoms with Crippen LogP contribution in [0.25, 0.3) is 11.1 Å². The number of rotatable bonds is 4. The molecule has 1 atom stereocenters. The molecule has 2 aliphatic heterocycles. The third-order valence-electron chi connectivity index (χ3n) is 6.23. The van der Waals surface area contributed by atoms with Crippen molar-refractivity contribution in [3.05, 3.63) is 78.0 Å². The second-order valence-electron chi connectivity index (χ2n) is 8.34. The number of pyridine rings is 1. The molecule has 1 fully saturated rings. The second-order valence-corrected chi connectivity index (χ2v) is 8.34. The molecule has 0 spiro atoms. The molecule has 166 valence electrons. The summed E-state index contributed by atoms with van der Waals surface area (Å²) in [6.45, 7) is 3.76. The molecule has 5 rings (SSSR count). The lowest BCUT2D eigenvalue weighted by Crippen LogP contribution is -2.55. The second kappa shape index (κ2) is 8.47. The van der Waals surface area contributed by atoms with Gasteiger partial charge in [-0.3, -0.25) is 4.90 Å². The van der Waals surface area contributed by atoms with E-state index < -0.39 is 6.36 Å². The first-order valence-corrected chi connectivity index (χ1v) is 10.8. The maximum Gasteiger partial charge on any atom is 0.573 e. The molecule has 0 aliphatic carbocycles. The minimum atomic E-state index is -4.71. The van der Waals surface area contributed by atoms with Crippen molar-refractivity contribution in [1.29, 1.82) is 0 Å². The summed E-state index contributed by atoms with van der Waals surface area (Å²) < 4.78 is 42.1. The lowest BCUT2D eigenvalue weighted by molar-refractivity contribution is -0.274. The fourth-order valence-corrected chi connectivity index (χ4v) is 4.85. The summed E-state index contributed by atoms with van der Waals surface area (Å²) in [6.07, 6.45) is -1.11. The molecule has 1 aromatic heterocycles. The van der Waals surface area contributed by atoms with Gasteiger partial charge in [0.15, 0.2) is 0 Å². The summed E-state index contributed by atoms with van der Waals surface area (Å²) in [4.78, 5) is 9.54. The molecular weight excluding hydrogens is 415 g/mol. The van der Waals surface area contributed by atoms with Crippen molar-refractivity contribution < 1.29 is 17.9 Å². The van der Waals surface area contributed by atoms with Gasteiger partial charge in [0.25, 0.3) is 0 Å². The molecule has 0 radical (unpaired) electrons. The third-order valence-corrected chi connectivity index (χ3v) is 6.23. The molecule has 7 heteroatoms. The van der Waals surface area contributed by atoms with Crippen molar-refractivity contribution in [1.82, 2.24) is 9.88 Å². The SMILES string of the molecule is FC(F)(F)Oc1cccc(-c2ccnc3c2CCC2CN(Cc4ccccc4)CCN32)c1. The topological polar surface area (TPSA) is 28.6 Å². The average molecular weight is 439 g/mol. The monoisotopic (exact) mass is 439 g/mol. The van der Waals surface area contributed by atoms with E-state index in [9.17, 15) is 13.2 Å². The lowest BCUT2D eigenvalue weighted by Gasteiger charge is -2.45. The highest BCUT2D eigenvalue weighted by Gasteiger charge is 2.34. The number of benzene rings is 2. The van der Waals surface area contributed by atoms with E-state index in [1.807, 2.05) is 18.2 Å². The summed E-state index contributed by atoms with van der Waals surface area (Å²) in [6, 6.07) is 19.0.